The van der Waals surface area contributed by atoms with Crippen LogP contribution in [-0.4, -0.2) is 35.5 Å². The summed E-state index contributed by atoms with van der Waals surface area (Å²) < 4.78 is 2.29. The molecule has 2 aromatic carbocycles. The van der Waals surface area contributed by atoms with E-state index in [2.05, 4.69) is 84.5 Å². The van der Waals surface area contributed by atoms with E-state index in [-0.39, 0.29) is 24.0 Å². The lowest BCUT2D eigenvalue weighted by molar-refractivity contribution is -0.658. The monoisotopic (exact) mass is 392 g/mol. The second kappa shape index (κ2) is 7.07. The number of hydrazine groups is 1. The van der Waals surface area contributed by atoms with Gasteiger partial charge in [-0.1, -0.05) is 48.5 Å². The molecule has 0 spiro atoms. The van der Waals surface area contributed by atoms with Gasteiger partial charge in [-0.05, 0) is 24.1 Å². The Balaban J connectivity index is 0.00000161. The number of nitrogens with zero attached hydrogens (tertiary/aromatic N) is 2. The molecule has 0 aromatic heterocycles. The molecule has 1 atom stereocenters. The van der Waals surface area contributed by atoms with Crippen LogP contribution < -0.4 is 24.0 Å². The molecule has 3 rings (SSSR count). The Labute approximate surface area is 144 Å². The van der Waals surface area contributed by atoms with E-state index in [9.17, 15) is 0 Å². The van der Waals surface area contributed by atoms with Crippen molar-refractivity contribution in [3.05, 3.63) is 71.8 Å². The molecule has 0 bridgehead atoms. The molecule has 1 aliphatic heterocycles. The summed E-state index contributed by atoms with van der Waals surface area (Å²) in [6, 6.07) is 22.0. The van der Waals surface area contributed by atoms with Gasteiger partial charge >= 0.3 is 0 Å². The first-order valence-electron chi connectivity index (χ1n) is 7.17. The van der Waals surface area contributed by atoms with Crippen molar-refractivity contribution in [2.24, 2.45) is 0 Å². The van der Waals surface area contributed by atoms with E-state index in [0.29, 0.717) is 6.04 Å². The fourth-order valence-electron chi connectivity index (χ4n) is 2.95. The van der Waals surface area contributed by atoms with Crippen molar-refractivity contribution in [3.8, 4) is 0 Å². The summed E-state index contributed by atoms with van der Waals surface area (Å²) in [7, 11) is 4.34. The van der Waals surface area contributed by atoms with Crippen LogP contribution in [0.1, 0.15) is 17.5 Å². The van der Waals surface area contributed by atoms with Gasteiger partial charge in [-0.2, -0.15) is 5.01 Å². The first kappa shape index (κ1) is 16.0. The summed E-state index contributed by atoms with van der Waals surface area (Å²) >= 11 is 0. The van der Waals surface area contributed by atoms with Crippen LogP contribution in [0.4, 0.5) is 0 Å². The molecule has 0 fully saturated rings. The van der Waals surface area contributed by atoms with Crippen LogP contribution in [0.25, 0.3) is 0 Å². The molecule has 0 saturated carbocycles. The van der Waals surface area contributed by atoms with Crippen molar-refractivity contribution in [2.75, 3.05) is 14.1 Å². The highest BCUT2D eigenvalue weighted by Crippen LogP contribution is 2.20. The molecular weight excluding hydrogens is 371 g/mol. The molecule has 1 heterocycles. The largest absolute Gasteiger partial charge is 1.00 e. The zero-order valence-electron chi connectivity index (χ0n) is 12.5. The molecule has 0 aliphatic carbocycles. The fourth-order valence-corrected chi connectivity index (χ4v) is 2.95. The Morgan fingerprint density at radius 2 is 1.57 bits per heavy atom. The van der Waals surface area contributed by atoms with Crippen molar-refractivity contribution >= 4 is 5.71 Å². The van der Waals surface area contributed by atoms with Crippen LogP contribution in [0.15, 0.2) is 60.7 Å². The Hall–Kier alpha value is -1.36. The lowest BCUT2D eigenvalue weighted by Gasteiger charge is -2.16. The number of likely N-dealkylation sites (N-methyl/N-ethyl adjacent to an activating group) is 1. The first-order valence-corrected chi connectivity index (χ1v) is 7.17. The van der Waals surface area contributed by atoms with Gasteiger partial charge in [0.2, 0.25) is 5.71 Å². The average molecular weight is 392 g/mol. The van der Waals surface area contributed by atoms with E-state index in [0.717, 1.165) is 12.8 Å². The first-order chi connectivity index (χ1) is 9.75. The maximum atomic E-state index is 2.36. The summed E-state index contributed by atoms with van der Waals surface area (Å²) in [6.45, 7) is 0. The minimum atomic E-state index is 0. The summed E-state index contributed by atoms with van der Waals surface area (Å²) in [5.41, 5.74) is 4.15. The minimum Gasteiger partial charge on any atom is -1.00 e. The molecule has 2 nitrogen and oxygen atoms in total. The normalized spacial score (nSPS) is 17.8. The van der Waals surface area contributed by atoms with E-state index in [1.807, 2.05) is 0 Å². The van der Waals surface area contributed by atoms with Crippen molar-refractivity contribution in [2.45, 2.75) is 18.9 Å². The van der Waals surface area contributed by atoms with Gasteiger partial charge in [-0.3, -0.25) is 0 Å². The average Bonchev–Trinajstić information content (AvgIpc) is 2.78. The third-order valence-corrected chi connectivity index (χ3v) is 4.24. The van der Waals surface area contributed by atoms with Crippen molar-refractivity contribution in [1.82, 2.24) is 5.01 Å². The van der Waals surface area contributed by atoms with Crippen molar-refractivity contribution in [3.63, 3.8) is 0 Å². The SMILES string of the molecule is CN1C(Cc2ccccc2)CC(c2ccccc2)=[N+]1C.[I-]. The van der Waals surface area contributed by atoms with Crippen LogP contribution in [0, 0.1) is 0 Å². The number of benzene rings is 2. The Morgan fingerprint density at radius 3 is 2.19 bits per heavy atom. The van der Waals surface area contributed by atoms with Gasteiger partial charge in [0.25, 0.3) is 0 Å². The molecule has 2 aromatic rings. The zero-order chi connectivity index (χ0) is 13.9. The molecule has 0 saturated heterocycles. The summed E-state index contributed by atoms with van der Waals surface area (Å²) in [4.78, 5) is 0. The number of hydrogen-bond acceptors (Lipinski definition) is 1. The highest BCUT2D eigenvalue weighted by molar-refractivity contribution is 5.97. The van der Waals surface area contributed by atoms with Gasteiger partial charge in [-0.25, -0.2) is 0 Å². The van der Waals surface area contributed by atoms with E-state index < -0.39 is 0 Å². The maximum Gasteiger partial charge on any atom is 0.215 e. The van der Waals surface area contributed by atoms with Gasteiger partial charge in [0, 0.05) is 5.56 Å². The van der Waals surface area contributed by atoms with Gasteiger partial charge < -0.3 is 24.0 Å². The van der Waals surface area contributed by atoms with E-state index in [1.165, 1.54) is 16.8 Å². The topological polar surface area (TPSA) is 6.25 Å². The molecule has 1 unspecified atom stereocenters. The Kier molecular flexibility index (Phi) is 5.39. The van der Waals surface area contributed by atoms with Crippen LogP contribution in [0.3, 0.4) is 0 Å². The molecule has 110 valence electrons. The van der Waals surface area contributed by atoms with Crippen LogP contribution >= 0.6 is 0 Å². The van der Waals surface area contributed by atoms with E-state index >= 15 is 0 Å². The highest BCUT2D eigenvalue weighted by Gasteiger charge is 2.34. The number of rotatable bonds is 3. The number of hydrazone groups is 1. The smallest absolute Gasteiger partial charge is 0.215 e. The fraction of sp³-hybridized carbons (Fsp3) is 0.278. The van der Waals surface area contributed by atoms with E-state index in [1.54, 1.807) is 0 Å². The minimum absolute atomic E-state index is 0. The highest BCUT2D eigenvalue weighted by atomic mass is 127. The van der Waals surface area contributed by atoms with Gasteiger partial charge in [0.1, 0.15) is 0 Å². The number of halogens is 1. The van der Waals surface area contributed by atoms with Gasteiger partial charge in [-0.15, -0.1) is 4.68 Å². The molecule has 3 heteroatoms. The quantitative estimate of drug-likeness (QED) is 0.526. The van der Waals surface area contributed by atoms with Crippen molar-refractivity contribution in [1.29, 1.82) is 0 Å². The van der Waals surface area contributed by atoms with Crippen LogP contribution in [-0.2, 0) is 6.42 Å². The standard InChI is InChI=1S/C18H21N2.HI/c1-19-17(13-15-9-5-3-6-10-15)14-18(20(19)2)16-11-7-4-8-12-16;/h3-12,17H,13-14H2,1-2H3;1H/q+1;/p-1. The molecule has 0 N–H and O–H groups in total. The summed E-state index contributed by atoms with van der Waals surface area (Å²) in [6.07, 6.45) is 2.20. The van der Waals surface area contributed by atoms with Crippen LogP contribution in [0.2, 0.25) is 0 Å². The predicted octanol–water partition coefficient (Wildman–Crippen LogP) is -0.0162. The molecule has 1 aliphatic rings. The van der Waals surface area contributed by atoms with Gasteiger partial charge in [0.05, 0.1) is 19.5 Å². The molecular formula is C18H21IN2. The van der Waals surface area contributed by atoms with Crippen LogP contribution in [0.5, 0.6) is 0 Å². The second-order valence-corrected chi connectivity index (χ2v) is 5.46. The zero-order valence-corrected chi connectivity index (χ0v) is 14.7. The predicted molar refractivity (Wildman–Crippen MR) is 83.0 cm³/mol. The molecule has 0 radical (unpaired) electrons. The summed E-state index contributed by atoms with van der Waals surface area (Å²) in [5.74, 6) is 0. The molecule has 21 heavy (non-hydrogen) atoms. The third-order valence-electron chi connectivity index (χ3n) is 4.24. The van der Waals surface area contributed by atoms with E-state index in [4.69, 9.17) is 0 Å². The maximum absolute atomic E-state index is 2.36. The second-order valence-electron chi connectivity index (χ2n) is 5.46. The number of hydrogen-bond donors (Lipinski definition) is 0. The Bertz CT molecular complexity index is 608. The van der Waals surface area contributed by atoms with Crippen molar-refractivity contribution < 1.29 is 28.7 Å². The lowest BCUT2D eigenvalue weighted by Crippen LogP contribution is -3.00. The molecule has 0 amide bonds. The van der Waals surface area contributed by atoms with Gasteiger partial charge in [0.15, 0.2) is 7.05 Å². The summed E-state index contributed by atoms with van der Waals surface area (Å²) in [5, 5.41) is 2.36. The Morgan fingerprint density at radius 1 is 1.00 bits per heavy atom. The lowest BCUT2D eigenvalue weighted by atomic mass is 9.99. The third kappa shape index (κ3) is 3.46.